The molecule has 4 unspecified atom stereocenters. The van der Waals surface area contributed by atoms with Crippen LogP contribution in [0.5, 0.6) is 0 Å². The quantitative estimate of drug-likeness (QED) is 0.669. The van der Waals surface area contributed by atoms with E-state index >= 15 is 0 Å². The van der Waals surface area contributed by atoms with E-state index in [1.165, 1.54) is 57.8 Å². The Morgan fingerprint density at radius 1 is 0.931 bits per heavy atom. The lowest BCUT2D eigenvalue weighted by molar-refractivity contribution is -0.132. The van der Waals surface area contributed by atoms with Crippen LogP contribution >= 0.6 is 0 Å². The van der Waals surface area contributed by atoms with Gasteiger partial charge in [-0.3, -0.25) is 9.69 Å². The zero-order chi connectivity index (χ0) is 21.2. The Hall–Kier alpha value is -0.385. The van der Waals surface area contributed by atoms with Gasteiger partial charge in [-0.25, -0.2) is 0 Å². The maximum absolute atomic E-state index is 13.4. The minimum atomic E-state index is -1.24. The van der Waals surface area contributed by atoms with Crippen molar-refractivity contribution in [3.8, 4) is 0 Å². The first-order chi connectivity index (χ1) is 13.7. The molecule has 29 heavy (non-hydrogen) atoms. The number of nitrogens with zero attached hydrogens (tertiary/aromatic N) is 1. The fourth-order valence-electron chi connectivity index (χ4n) is 7.06. The van der Waals surface area contributed by atoms with Crippen molar-refractivity contribution in [2.75, 3.05) is 13.6 Å². The molecule has 3 aliphatic rings. The smallest absolute Gasteiger partial charge is 0.427 e. The number of hydrogen-bond acceptors (Lipinski definition) is 4. The van der Waals surface area contributed by atoms with Crippen molar-refractivity contribution in [1.29, 1.82) is 0 Å². The molecule has 1 aliphatic heterocycles. The van der Waals surface area contributed by atoms with Crippen molar-refractivity contribution >= 4 is 12.9 Å². The van der Waals surface area contributed by atoms with Crippen LogP contribution in [0, 0.1) is 23.2 Å². The average molecular weight is 405 g/mol. The van der Waals surface area contributed by atoms with Crippen molar-refractivity contribution in [2.24, 2.45) is 23.2 Å². The number of carbonyl (C=O) groups is 1. The third-order valence-electron chi connectivity index (χ3n) is 8.56. The zero-order valence-electron chi connectivity index (χ0n) is 19.3. The number of ketones is 1. The molecule has 0 aromatic heterocycles. The summed E-state index contributed by atoms with van der Waals surface area (Å²) >= 11 is 0. The largest absolute Gasteiger partial charge is 0.454 e. The number of carbonyl (C=O) groups excluding carboxylic acids is 1. The zero-order valence-corrected chi connectivity index (χ0v) is 19.3. The van der Waals surface area contributed by atoms with E-state index in [-0.39, 0.29) is 22.7 Å². The fourth-order valence-corrected chi connectivity index (χ4v) is 7.06. The highest BCUT2D eigenvalue weighted by Gasteiger charge is 2.60. The molecule has 0 aromatic carbocycles. The molecule has 4 nitrogen and oxygen atoms in total. The summed E-state index contributed by atoms with van der Waals surface area (Å²) in [5.41, 5.74) is -0.358. The number of rotatable bonds is 3. The van der Waals surface area contributed by atoms with E-state index in [0.717, 1.165) is 25.8 Å². The molecule has 166 valence electrons. The van der Waals surface area contributed by atoms with Gasteiger partial charge in [0.2, 0.25) is 0 Å². The van der Waals surface area contributed by atoms with Crippen molar-refractivity contribution in [2.45, 2.75) is 109 Å². The van der Waals surface area contributed by atoms with E-state index in [0.29, 0.717) is 17.6 Å². The van der Waals surface area contributed by atoms with E-state index < -0.39 is 7.12 Å². The monoisotopic (exact) mass is 405 g/mol. The fraction of sp³-hybridized carbons (Fsp3) is 0.958. The van der Waals surface area contributed by atoms with Crippen LogP contribution in [0.15, 0.2) is 0 Å². The molecular weight excluding hydrogens is 361 g/mol. The SMILES string of the molecule is CN1CC(C(=O)C(C)(C)C)C2CCC(B(O)O)CC21C1CCCCCCCCC1. The molecule has 0 bridgehead atoms. The van der Waals surface area contributed by atoms with Gasteiger partial charge in [0.05, 0.1) is 0 Å². The average Bonchev–Trinajstić information content (AvgIpc) is 2.97. The molecule has 2 aliphatic carbocycles. The van der Waals surface area contributed by atoms with Gasteiger partial charge in [0.15, 0.2) is 0 Å². The highest BCUT2D eigenvalue weighted by Crippen LogP contribution is 2.57. The van der Waals surface area contributed by atoms with E-state index in [4.69, 9.17) is 0 Å². The topological polar surface area (TPSA) is 60.8 Å². The lowest BCUT2D eigenvalue weighted by Crippen LogP contribution is -2.56. The van der Waals surface area contributed by atoms with Crippen LogP contribution in [0.1, 0.15) is 97.8 Å². The van der Waals surface area contributed by atoms with Crippen LogP contribution < -0.4 is 0 Å². The van der Waals surface area contributed by atoms with Crippen LogP contribution in [-0.2, 0) is 4.79 Å². The Morgan fingerprint density at radius 3 is 2.00 bits per heavy atom. The summed E-state index contributed by atoms with van der Waals surface area (Å²) in [6, 6.07) is 0. The van der Waals surface area contributed by atoms with Gasteiger partial charge in [0.25, 0.3) is 0 Å². The van der Waals surface area contributed by atoms with Crippen molar-refractivity contribution in [1.82, 2.24) is 4.90 Å². The molecule has 2 N–H and O–H groups in total. The Labute approximate surface area is 179 Å². The Bertz CT molecular complexity index is 551. The van der Waals surface area contributed by atoms with Crippen LogP contribution in [0.2, 0.25) is 5.82 Å². The molecule has 3 rings (SSSR count). The molecule has 5 heteroatoms. The van der Waals surface area contributed by atoms with Crippen molar-refractivity contribution in [3.05, 3.63) is 0 Å². The summed E-state index contributed by atoms with van der Waals surface area (Å²) in [7, 11) is 0.978. The minimum absolute atomic E-state index is 0.0442. The highest BCUT2D eigenvalue weighted by molar-refractivity contribution is 6.43. The maximum atomic E-state index is 13.4. The second kappa shape index (κ2) is 9.40. The Morgan fingerprint density at radius 2 is 1.48 bits per heavy atom. The van der Waals surface area contributed by atoms with Gasteiger partial charge in [-0.15, -0.1) is 0 Å². The first-order valence-electron chi connectivity index (χ1n) is 12.3. The number of likely N-dealkylation sites (tertiary alicyclic amines) is 1. The molecule has 3 fully saturated rings. The Balaban J connectivity index is 1.94. The summed E-state index contributed by atoms with van der Waals surface area (Å²) in [5.74, 6) is 1.36. The first-order valence-corrected chi connectivity index (χ1v) is 12.3. The summed E-state index contributed by atoms with van der Waals surface area (Å²) in [4.78, 5) is 15.9. The summed E-state index contributed by atoms with van der Waals surface area (Å²) in [5, 5.41) is 20.1. The van der Waals surface area contributed by atoms with Gasteiger partial charge in [0.1, 0.15) is 5.78 Å². The van der Waals surface area contributed by atoms with Gasteiger partial charge in [-0.2, -0.15) is 0 Å². The van der Waals surface area contributed by atoms with Gasteiger partial charge >= 0.3 is 7.12 Å². The predicted octanol–water partition coefficient (Wildman–Crippen LogP) is 4.69. The number of fused-ring (bicyclic) bond motifs is 1. The Kier molecular flexibility index (Phi) is 7.55. The van der Waals surface area contributed by atoms with Gasteiger partial charge in [0, 0.05) is 23.4 Å². The van der Waals surface area contributed by atoms with Crippen LogP contribution in [0.4, 0.5) is 0 Å². The second-order valence-corrected chi connectivity index (χ2v) is 11.4. The van der Waals surface area contributed by atoms with Crippen LogP contribution in [0.25, 0.3) is 0 Å². The van der Waals surface area contributed by atoms with Crippen LogP contribution in [-0.4, -0.2) is 47.0 Å². The summed E-state index contributed by atoms with van der Waals surface area (Å²) < 4.78 is 0. The normalized spacial score (nSPS) is 35.9. The number of Topliss-reactive ketones (excluding diaryl/α,β-unsaturated/α-hetero) is 1. The summed E-state index contributed by atoms with van der Waals surface area (Å²) in [6.07, 6.45) is 14.3. The number of hydrogen-bond donors (Lipinski definition) is 2. The standard InChI is InChI=1S/C24H44BNO3/c1-23(2,3)22(27)20-17-26(4)24(16-19(25(28)29)14-15-21(20)24)18-12-10-8-6-5-7-9-11-13-18/h18-21,28-29H,5-17H2,1-4H3. The lowest BCUT2D eigenvalue weighted by atomic mass is 9.52. The molecule has 4 atom stereocenters. The van der Waals surface area contributed by atoms with E-state index in [2.05, 4.69) is 32.7 Å². The first kappa shape index (κ1) is 23.3. The third-order valence-corrected chi connectivity index (χ3v) is 8.56. The summed E-state index contributed by atoms with van der Waals surface area (Å²) in [6.45, 7) is 7.01. The molecular formula is C24H44BNO3. The molecule has 0 radical (unpaired) electrons. The molecule has 2 saturated carbocycles. The lowest BCUT2D eigenvalue weighted by Gasteiger charge is -2.52. The third kappa shape index (κ3) is 4.77. The molecule has 0 aromatic rings. The van der Waals surface area contributed by atoms with Crippen molar-refractivity contribution < 1.29 is 14.8 Å². The van der Waals surface area contributed by atoms with Gasteiger partial charge < -0.3 is 10.0 Å². The van der Waals surface area contributed by atoms with Crippen LogP contribution in [0.3, 0.4) is 0 Å². The van der Waals surface area contributed by atoms with E-state index in [1.807, 2.05) is 0 Å². The predicted molar refractivity (Wildman–Crippen MR) is 120 cm³/mol. The molecule has 0 spiro atoms. The van der Waals surface area contributed by atoms with E-state index in [1.54, 1.807) is 0 Å². The van der Waals surface area contributed by atoms with E-state index in [9.17, 15) is 14.8 Å². The van der Waals surface area contributed by atoms with Crippen molar-refractivity contribution in [3.63, 3.8) is 0 Å². The maximum Gasteiger partial charge on any atom is 0.454 e. The molecule has 1 saturated heterocycles. The highest BCUT2D eigenvalue weighted by atomic mass is 16.4. The molecule has 1 heterocycles. The van der Waals surface area contributed by atoms with Gasteiger partial charge in [-0.05, 0) is 50.4 Å². The minimum Gasteiger partial charge on any atom is -0.427 e. The second-order valence-electron chi connectivity index (χ2n) is 11.4. The van der Waals surface area contributed by atoms with Gasteiger partial charge in [-0.1, -0.05) is 72.1 Å². The molecule has 0 amide bonds.